The molecular formula is C9H15N3. The third kappa shape index (κ3) is 1.05. The monoisotopic (exact) mass is 165 g/mol. The Morgan fingerprint density at radius 2 is 2.25 bits per heavy atom. The standard InChI is InChI=1S/C9H15N3/c10-7-9(3-1-2-4-9)8-5-11-12-6-8/h5-6H,1-4,7,10H2,(H,11,12). The first-order valence-corrected chi connectivity index (χ1v) is 4.57. The van der Waals surface area contributed by atoms with Gasteiger partial charge in [-0.2, -0.15) is 5.10 Å². The lowest BCUT2D eigenvalue weighted by Crippen LogP contribution is -2.31. The lowest BCUT2D eigenvalue weighted by molar-refractivity contribution is 0.453. The van der Waals surface area contributed by atoms with Crippen LogP contribution in [0.4, 0.5) is 0 Å². The molecule has 0 amide bonds. The third-order valence-electron chi connectivity index (χ3n) is 3.06. The van der Waals surface area contributed by atoms with Crippen LogP contribution in [0.1, 0.15) is 31.2 Å². The average molecular weight is 165 g/mol. The van der Waals surface area contributed by atoms with E-state index in [9.17, 15) is 0 Å². The summed E-state index contributed by atoms with van der Waals surface area (Å²) in [7, 11) is 0. The van der Waals surface area contributed by atoms with Gasteiger partial charge in [0.1, 0.15) is 0 Å². The Morgan fingerprint density at radius 1 is 1.50 bits per heavy atom. The van der Waals surface area contributed by atoms with Crippen molar-refractivity contribution in [2.24, 2.45) is 5.73 Å². The number of aromatic nitrogens is 2. The van der Waals surface area contributed by atoms with Gasteiger partial charge in [0.15, 0.2) is 0 Å². The van der Waals surface area contributed by atoms with Crippen LogP contribution in [0.2, 0.25) is 0 Å². The van der Waals surface area contributed by atoms with Gasteiger partial charge in [-0.25, -0.2) is 0 Å². The number of nitrogens with one attached hydrogen (secondary N) is 1. The van der Waals surface area contributed by atoms with Gasteiger partial charge in [0.05, 0.1) is 6.20 Å². The second-order valence-electron chi connectivity index (χ2n) is 3.68. The summed E-state index contributed by atoms with van der Waals surface area (Å²) in [6, 6.07) is 0. The van der Waals surface area contributed by atoms with Crippen molar-refractivity contribution in [3.63, 3.8) is 0 Å². The second kappa shape index (κ2) is 2.90. The Morgan fingerprint density at radius 3 is 2.75 bits per heavy atom. The third-order valence-corrected chi connectivity index (χ3v) is 3.06. The highest BCUT2D eigenvalue weighted by Gasteiger charge is 2.34. The zero-order valence-corrected chi connectivity index (χ0v) is 7.21. The molecule has 1 fully saturated rings. The Balaban J connectivity index is 2.28. The number of aromatic amines is 1. The van der Waals surface area contributed by atoms with Crippen LogP contribution >= 0.6 is 0 Å². The molecule has 3 heteroatoms. The molecule has 0 aliphatic heterocycles. The molecular weight excluding hydrogens is 150 g/mol. The highest BCUT2D eigenvalue weighted by molar-refractivity contribution is 5.21. The molecule has 0 bridgehead atoms. The lowest BCUT2D eigenvalue weighted by Gasteiger charge is -2.25. The van der Waals surface area contributed by atoms with E-state index < -0.39 is 0 Å². The van der Waals surface area contributed by atoms with Crippen molar-refractivity contribution in [1.29, 1.82) is 0 Å². The Bertz CT molecular complexity index is 234. The summed E-state index contributed by atoms with van der Waals surface area (Å²) in [5, 5.41) is 6.84. The molecule has 0 atom stereocenters. The zero-order chi connectivity index (χ0) is 8.44. The molecule has 0 unspecified atom stereocenters. The van der Waals surface area contributed by atoms with E-state index in [2.05, 4.69) is 10.2 Å². The number of hydrogen-bond acceptors (Lipinski definition) is 2. The topological polar surface area (TPSA) is 54.7 Å². The van der Waals surface area contributed by atoms with E-state index >= 15 is 0 Å². The maximum atomic E-state index is 5.82. The van der Waals surface area contributed by atoms with Crippen LogP contribution in [0.5, 0.6) is 0 Å². The maximum Gasteiger partial charge on any atom is 0.0525 e. The average Bonchev–Trinajstić information content (AvgIpc) is 2.76. The van der Waals surface area contributed by atoms with Crippen LogP contribution in [0.15, 0.2) is 12.4 Å². The van der Waals surface area contributed by atoms with Crippen LogP contribution in [-0.4, -0.2) is 16.7 Å². The van der Waals surface area contributed by atoms with Crippen LogP contribution in [0, 0.1) is 0 Å². The predicted octanol–water partition coefficient (Wildman–Crippen LogP) is 1.18. The normalized spacial score (nSPS) is 21.4. The molecule has 3 N–H and O–H groups in total. The van der Waals surface area contributed by atoms with E-state index in [0.717, 1.165) is 6.54 Å². The van der Waals surface area contributed by atoms with Crippen molar-refractivity contribution in [2.75, 3.05) is 6.54 Å². The van der Waals surface area contributed by atoms with Gasteiger partial charge in [-0.05, 0) is 18.4 Å². The Hall–Kier alpha value is -0.830. The van der Waals surface area contributed by atoms with Crippen LogP contribution < -0.4 is 5.73 Å². The van der Waals surface area contributed by atoms with Crippen molar-refractivity contribution < 1.29 is 0 Å². The van der Waals surface area contributed by atoms with Crippen molar-refractivity contribution >= 4 is 0 Å². The maximum absolute atomic E-state index is 5.82. The fraction of sp³-hybridized carbons (Fsp3) is 0.667. The van der Waals surface area contributed by atoms with Gasteiger partial charge in [0.25, 0.3) is 0 Å². The van der Waals surface area contributed by atoms with E-state index in [4.69, 9.17) is 5.73 Å². The second-order valence-corrected chi connectivity index (χ2v) is 3.68. The molecule has 2 rings (SSSR count). The summed E-state index contributed by atoms with van der Waals surface area (Å²) in [6.07, 6.45) is 8.97. The largest absolute Gasteiger partial charge is 0.330 e. The summed E-state index contributed by atoms with van der Waals surface area (Å²) in [4.78, 5) is 0. The van der Waals surface area contributed by atoms with E-state index in [1.54, 1.807) is 0 Å². The molecule has 0 spiro atoms. The van der Waals surface area contributed by atoms with Gasteiger partial charge < -0.3 is 5.73 Å². The summed E-state index contributed by atoms with van der Waals surface area (Å²) < 4.78 is 0. The van der Waals surface area contributed by atoms with Gasteiger partial charge in [0.2, 0.25) is 0 Å². The van der Waals surface area contributed by atoms with Gasteiger partial charge in [-0.1, -0.05) is 12.8 Å². The number of nitrogens with two attached hydrogens (primary N) is 1. The summed E-state index contributed by atoms with van der Waals surface area (Å²) in [5.74, 6) is 0. The Kier molecular flexibility index (Phi) is 1.89. The number of H-pyrrole nitrogens is 1. The molecule has 12 heavy (non-hydrogen) atoms. The SMILES string of the molecule is NCC1(c2cn[nH]c2)CCCC1. The molecule has 1 aliphatic rings. The van der Waals surface area contributed by atoms with Crippen molar-refractivity contribution in [3.05, 3.63) is 18.0 Å². The first kappa shape index (κ1) is 7.80. The number of rotatable bonds is 2. The molecule has 1 heterocycles. The molecule has 3 nitrogen and oxygen atoms in total. The van der Waals surface area contributed by atoms with Gasteiger partial charge in [-0.3, -0.25) is 5.10 Å². The summed E-state index contributed by atoms with van der Waals surface area (Å²) >= 11 is 0. The van der Waals surface area contributed by atoms with Gasteiger partial charge >= 0.3 is 0 Å². The molecule has 1 saturated carbocycles. The zero-order valence-electron chi connectivity index (χ0n) is 7.21. The molecule has 1 aromatic rings. The number of nitrogens with zero attached hydrogens (tertiary/aromatic N) is 1. The van der Waals surface area contributed by atoms with E-state index in [1.807, 2.05) is 12.4 Å². The van der Waals surface area contributed by atoms with Crippen molar-refractivity contribution in [3.8, 4) is 0 Å². The molecule has 0 radical (unpaired) electrons. The van der Waals surface area contributed by atoms with Crippen LogP contribution in [-0.2, 0) is 5.41 Å². The molecule has 66 valence electrons. The predicted molar refractivity (Wildman–Crippen MR) is 47.8 cm³/mol. The van der Waals surface area contributed by atoms with Crippen LogP contribution in [0.3, 0.4) is 0 Å². The molecule has 1 aliphatic carbocycles. The minimum Gasteiger partial charge on any atom is -0.330 e. The minimum atomic E-state index is 0.243. The minimum absolute atomic E-state index is 0.243. The molecule has 0 saturated heterocycles. The van der Waals surface area contributed by atoms with Gasteiger partial charge in [-0.15, -0.1) is 0 Å². The smallest absolute Gasteiger partial charge is 0.0525 e. The van der Waals surface area contributed by atoms with E-state index in [0.29, 0.717) is 0 Å². The highest BCUT2D eigenvalue weighted by atomic mass is 15.1. The highest BCUT2D eigenvalue weighted by Crippen LogP contribution is 2.39. The fourth-order valence-corrected chi connectivity index (χ4v) is 2.20. The van der Waals surface area contributed by atoms with Crippen molar-refractivity contribution in [2.45, 2.75) is 31.1 Å². The van der Waals surface area contributed by atoms with Crippen LogP contribution in [0.25, 0.3) is 0 Å². The molecule has 1 aromatic heterocycles. The summed E-state index contributed by atoms with van der Waals surface area (Å²) in [5.41, 5.74) is 7.36. The first-order valence-electron chi connectivity index (χ1n) is 4.57. The Labute approximate surface area is 72.4 Å². The summed E-state index contributed by atoms with van der Waals surface area (Å²) in [6.45, 7) is 0.756. The van der Waals surface area contributed by atoms with Gasteiger partial charge in [0, 0.05) is 18.2 Å². The lowest BCUT2D eigenvalue weighted by atomic mass is 9.81. The van der Waals surface area contributed by atoms with Crippen molar-refractivity contribution in [1.82, 2.24) is 10.2 Å². The first-order chi connectivity index (χ1) is 5.87. The quantitative estimate of drug-likeness (QED) is 0.691. The number of hydrogen-bond donors (Lipinski definition) is 2. The van der Waals surface area contributed by atoms with E-state index in [1.165, 1.54) is 31.2 Å². The fourth-order valence-electron chi connectivity index (χ4n) is 2.20. The van der Waals surface area contributed by atoms with E-state index in [-0.39, 0.29) is 5.41 Å². The molecule has 0 aromatic carbocycles.